The van der Waals surface area contributed by atoms with E-state index in [2.05, 4.69) is 71.4 Å². The molecule has 4 rings (SSSR count). The topological polar surface area (TPSA) is 35.1 Å². The quantitative estimate of drug-likeness (QED) is 0.491. The van der Waals surface area contributed by atoms with Crippen LogP contribution in [0.2, 0.25) is 0 Å². The molecule has 0 aliphatic carbocycles. The lowest BCUT2D eigenvalue weighted by molar-refractivity contribution is 0.782. The second-order valence-electron chi connectivity index (χ2n) is 7.85. The molecule has 27 heavy (non-hydrogen) atoms. The van der Waals surface area contributed by atoms with E-state index in [9.17, 15) is 0 Å². The molecule has 0 aliphatic rings. The zero-order valence-corrected chi connectivity index (χ0v) is 17.4. The zero-order valence-electron chi connectivity index (χ0n) is 17.4. The molecular formula is C23H28N4. The Morgan fingerprint density at radius 1 is 0.889 bits per heavy atom. The molecule has 0 fully saturated rings. The van der Waals surface area contributed by atoms with Gasteiger partial charge >= 0.3 is 0 Å². The summed E-state index contributed by atoms with van der Waals surface area (Å²) in [4.78, 5) is 5.01. The molecular weight excluding hydrogens is 332 g/mol. The SMILES string of the molecule is CCCc1cc2c(C)nc3c(-c4c(C)cc(C)cc4C)c(C)nn3c2n1C. The van der Waals surface area contributed by atoms with Crippen LogP contribution in [0.3, 0.4) is 0 Å². The molecule has 0 saturated carbocycles. The fourth-order valence-electron chi connectivity index (χ4n) is 4.52. The standard InChI is InChI=1S/C23H28N4/c1-8-9-18-12-19-16(5)24-22-21(17(6)25-27(22)23(19)26(18)7)20-14(3)10-13(2)11-15(20)4/h10-12H,8-9H2,1-7H3. The molecule has 0 spiro atoms. The molecule has 0 aliphatic heterocycles. The van der Waals surface area contributed by atoms with Crippen LogP contribution in [0, 0.1) is 34.6 Å². The van der Waals surface area contributed by atoms with Crippen LogP contribution in [0.5, 0.6) is 0 Å². The molecule has 0 amide bonds. The summed E-state index contributed by atoms with van der Waals surface area (Å²) in [5.74, 6) is 0. The number of nitrogens with zero attached hydrogens (tertiary/aromatic N) is 4. The van der Waals surface area contributed by atoms with Gasteiger partial charge in [-0.2, -0.15) is 9.61 Å². The predicted molar refractivity (Wildman–Crippen MR) is 113 cm³/mol. The molecule has 0 radical (unpaired) electrons. The molecule has 3 heterocycles. The van der Waals surface area contributed by atoms with E-state index in [1.165, 1.54) is 33.3 Å². The minimum atomic E-state index is 0.955. The van der Waals surface area contributed by atoms with Gasteiger partial charge < -0.3 is 4.57 Å². The number of hydrogen-bond donors (Lipinski definition) is 0. The largest absolute Gasteiger partial charge is 0.333 e. The van der Waals surface area contributed by atoms with E-state index in [1.54, 1.807) is 0 Å². The Morgan fingerprint density at radius 3 is 2.19 bits per heavy atom. The Labute approximate surface area is 160 Å². The van der Waals surface area contributed by atoms with Crippen molar-refractivity contribution in [2.45, 2.75) is 54.4 Å². The Balaban J connectivity index is 2.12. The Morgan fingerprint density at radius 2 is 1.56 bits per heavy atom. The highest BCUT2D eigenvalue weighted by molar-refractivity contribution is 5.90. The van der Waals surface area contributed by atoms with Crippen LogP contribution in [0.25, 0.3) is 27.8 Å². The molecule has 4 heteroatoms. The van der Waals surface area contributed by atoms with Crippen LogP contribution in [-0.2, 0) is 13.5 Å². The van der Waals surface area contributed by atoms with Crippen LogP contribution >= 0.6 is 0 Å². The molecule has 0 saturated heterocycles. The number of aryl methyl sites for hydroxylation is 7. The first-order valence-electron chi connectivity index (χ1n) is 9.76. The van der Waals surface area contributed by atoms with Gasteiger partial charge in [-0.15, -0.1) is 0 Å². The molecule has 0 bridgehead atoms. The van der Waals surface area contributed by atoms with Crippen molar-refractivity contribution in [3.8, 4) is 11.1 Å². The van der Waals surface area contributed by atoms with Gasteiger partial charge in [0.15, 0.2) is 5.65 Å². The van der Waals surface area contributed by atoms with E-state index in [1.807, 2.05) is 4.52 Å². The maximum absolute atomic E-state index is 5.01. The fourth-order valence-corrected chi connectivity index (χ4v) is 4.52. The Bertz CT molecular complexity index is 1170. The molecule has 4 nitrogen and oxygen atoms in total. The van der Waals surface area contributed by atoms with E-state index < -0.39 is 0 Å². The van der Waals surface area contributed by atoms with E-state index in [0.29, 0.717) is 0 Å². The lowest BCUT2D eigenvalue weighted by atomic mass is 9.94. The van der Waals surface area contributed by atoms with Gasteiger partial charge in [0.1, 0.15) is 5.65 Å². The van der Waals surface area contributed by atoms with Crippen molar-refractivity contribution >= 4 is 16.7 Å². The molecule has 0 atom stereocenters. The van der Waals surface area contributed by atoms with Gasteiger partial charge in [-0.1, -0.05) is 31.0 Å². The first kappa shape index (κ1) is 17.8. The predicted octanol–water partition coefficient (Wildman–Crippen LogP) is 5.38. The number of hydrogen-bond acceptors (Lipinski definition) is 2. The first-order chi connectivity index (χ1) is 12.8. The van der Waals surface area contributed by atoms with Crippen LogP contribution < -0.4 is 0 Å². The van der Waals surface area contributed by atoms with Crippen LogP contribution in [-0.4, -0.2) is 19.2 Å². The van der Waals surface area contributed by atoms with Gasteiger partial charge in [0, 0.05) is 18.1 Å². The van der Waals surface area contributed by atoms with Gasteiger partial charge in [0.05, 0.1) is 17.0 Å². The minimum Gasteiger partial charge on any atom is -0.333 e. The summed E-state index contributed by atoms with van der Waals surface area (Å²) in [5.41, 5.74) is 11.8. The number of fused-ring (bicyclic) bond motifs is 3. The van der Waals surface area contributed by atoms with Crippen LogP contribution in [0.15, 0.2) is 18.2 Å². The smallest absolute Gasteiger partial charge is 0.165 e. The minimum absolute atomic E-state index is 0.955. The lowest BCUT2D eigenvalue weighted by Crippen LogP contribution is -2.02. The average molecular weight is 361 g/mol. The summed E-state index contributed by atoms with van der Waals surface area (Å²) in [6.07, 6.45) is 2.19. The molecule has 0 unspecified atom stereocenters. The summed E-state index contributed by atoms with van der Waals surface area (Å²) in [6.45, 7) is 12.9. The number of rotatable bonds is 3. The van der Waals surface area contributed by atoms with E-state index in [-0.39, 0.29) is 0 Å². The molecule has 0 N–H and O–H groups in total. The summed E-state index contributed by atoms with van der Waals surface area (Å²) in [7, 11) is 2.14. The lowest BCUT2D eigenvalue weighted by Gasteiger charge is -2.11. The summed E-state index contributed by atoms with van der Waals surface area (Å²) < 4.78 is 4.33. The van der Waals surface area contributed by atoms with Crippen molar-refractivity contribution in [3.05, 3.63) is 52.0 Å². The second-order valence-corrected chi connectivity index (χ2v) is 7.85. The van der Waals surface area contributed by atoms with Crippen molar-refractivity contribution in [2.75, 3.05) is 0 Å². The third kappa shape index (κ3) is 2.58. The van der Waals surface area contributed by atoms with Crippen LogP contribution in [0.1, 0.15) is 47.1 Å². The van der Waals surface area contributed by atoms with E-state index >= 15 is 0 Å². The van der Waals surface area contributed by atoms with Gasteiger partial charge in [-0.25, -0.2) is 4.98 Å². The van der Waals surface area contributed by atoms with Crippen molar-refractivity contribution < 1.29 is 0 Å². The maximum Gasteiger partial charge on any atom is 0.165 e. The van der Waals surface area contributed by atoms with Crippen molar-refractivity contribution in [1.82, 2.24) is 19.2 Å². The summed E-state index contributed by atoms with van der Waals surface area (Å²) in [5, 5.41) is 6.13. The highest BCUT2D eigenvalue weighted by atomic mass is 15.3. The summed E-state index contributed by atoms with van der Waals surface area (Å²) in [6, 6.07) is 6.77. The highest BCUT2D eigenvalue weighted by Gasteiger charge is 2.21. The summed E-state index contributed by atoms with van der Waals surface area (Å²) >= 11 is 0. The molecule has 1 aromatic carbocycles. The monoisotopic (exact) mass is 360 g/mol. The fraction of sp³-hybridized carbons (Fsp3) is 0.391. The van der Waals surface area contributed by atoms with Gasteiger partial charge in [-0.3, -0.25) is 0 Å². The van der Waals surface area contributed by atoms with E-state index in [0.717, 1.165) is 41.1 Å². The van der Waals surface area contributed by atoms with Crippen LogP contribution in [0.4, 0.5) is 0 Å². The van der Waals surface area contributed by atoms with Crippen molar-refractivity contribution in [1.29, 1.82) is 0 Å². The second kappa shape index (κ2) is 6.22. The Kier molecular flexibility index (Phi) is 4.10. The third-order valence-electron chi connectivity index (χ3n) is 5.63. The third-order valence-corrected chi connectivity index (χ3v) is 5.63. The number of aromatic nitrogens is 4. The normalized spacial score (nSPS) is 11.8. The maximum atomic E-state index is 5.01. The number of benzene rings is 1. The molecule has 3 aromatic heterocycles. The first-order valence-corrected chi connectivity index (χ1v) is 9.76. The molecule has 140 valence electrons. The molecule has 4 aromatic rings. The van der Waals surface area contributed by atoms with Gasteiger partial charge in [0.2, 0.25) is 0 Å². The van der Waals surface area contributed by atoms with Crippen molar-refractivity contribution in [2.24, 2.45) is 7.05 Å². The van der Waals surface area contributed by atoms with E-state index in [4.69, 9.17) is 10.1 Å². The van der Waals surface area contributed by atoms with Gasteiger partial charge in [-0.05, 0) is 63.8 Å². The highest BCUT2D eigenvalue weighted by Crippen LogP contribution is 2.35. The zero-order chi connectivity index (χ0) is 19.5. The average Bonchev–Trinajstić information content (AvgIpc) is 3.07. The Hall–Kier alpha value is -2.62. The van der Waals surface area contributed by atoms with Gasteiger partial charge in [0.25, 0.3) is 0 Å². The van der Waals surface area contributed by atoms with Crippen molar-refractivity contribution in [3.63, 3.8) is 0 Å².